The second-order valence-corrected chi connectivity index (χ2v) is 5.38. The summed E-state index contributed by atoms with van der Waals surface area (Å²) in [5.74, 6) is -0.386. The number of aliphatic carboxylic acids is 1. The van der Waals surface area contributed by atoms with Gasteiger partial charge in [0, 0.05) is 26.3 Å². The quantitative estimate of drug-likeness (QED) is 0.778. The van der Waals surface area contributed by atoms with Gasteiger partial charge in [0.05, 0.1) is 5.41 Å². The molecule has 1 amide bonds. The molecule has 1 heterocycles. The molecule has 0 aliphatic rings. The van der Waals surface area contributed by atoms with Gasteiger partial charge in [-0.3, -0.25) is 9.59 Å². The van der Waals surface area contributed by atoms with E-state index in [1.807, 2.05) is 0 Å². The molecule has 1 aromatic rings. The Hall–Kier alpha value is -1.92. The third-order valence-electron chi connectivity index (χ3n) is 3.53. The summed E-state index contributed by atoms with van der Waals surface area (Å²) in [4.78, 5) is 27.1. The summed E-state index contributed by atoms with van der Waals surface area (Å²) in [7, 11) is 0. The number of carbonyl (C=O) groups is 2. The zero-order valence-corrected chi connectivity index (χ0v) is 12.3. The zero-order valence-electron chi connectivity index (χ0n) is 12.3. The molecule has 0 saturated heterocycles. The van der Waals surface area contributed by atoms with Gasteiger partial charge in [0.1, 0.15) is 0 Å². The average molecular weight is 283 g/mol. The molecule has 0 saturated carbocycles. The van der Waals surface area contributed by atoms with Crippen molar-refractivity contribution in [1.29, 1.82) is 0 Å². The molecule has 7 heteroatoms. The van der Waals surface area contributed by atoms with Crippen LogP contribution in [0.5, 0.6) is 0 Å². The first kappa shape index (κ1) is 16.1. The fourth-order valence-electron chi connectivity index (χ4n) is 1.68. The lowest BCUT2D eigenvalue weighted by atomic mass is 9.76. The number of carboxylic acid groups (broad SMARTS) is 1. The molecular weight excluding hydrogens is 262 g/mol. The Morgan fingerprint density at radius 3 is 2.55 bits per heavy atom. The molecule has 0 spiro atoms. The van der Waals surface area contributed by atoms with E-state index in [1.54, 1.807) is 27.7 Å². The Morgan fingerprint density at radius 1 is 1.45 bits per heavy atom. The molecule has 7 nitrogen and oxygen atoms in total. The zero-order chi connectivity index (χ0) is 15.3. The number of nitrogens with zero attached hydrogens (tertiary/aromatic N) is 2. The summed E-state index contributed by atoms with van der Waals surface area (Å²) in [6, 6.07) is 0. The molecule has 1 unspecified atom stereocenters. The van der Waals surface area contributed by atoms with Gasteiger partial charge >= 0.3 is 5.97 Å². The van der Waals surface area contributed by atoms with Crippen molar-refractivity contribution in [3.05, 3.63) is 11.7 Å². The van der Waals surface area contributed by atoms with Crippen LogP contribution in [0.1, 0.15) is 38.9 Å². The van der Waals surface area contributed by atoms with Gasteiger partial charge in [-0.1, -0.05) is 19.0 Å². The molecule has 112 valence electrons. The van der Waals surface area contributed by atoms with Crippen LogP contribution in [0.3, 0.4) is 0 Å². The topological polar surface area (TPSA) is 105 Å². The van der Waals surface area contributed by atoms with Gasteiger partial charge in [0.25, 0.3) is 0 Å². The minimum absolute atomic E-state index is 0.0503. The van der Waals surface area contributed by atoms with Crippen LogP contribution >= 0.6 is 0 Å². The summed E-state index contributed by atoms with van der Waals surface area (Å²) < 4.78 is 4.81. The van der Waals surface area contributed by atoms with E-state index in [0.29, 0.717) is 24.7 Å². The van der Waals surface area contributed by atoms with Crippen molar-refractivity contribution in [2.45, 2.75) is 40.5 Å². The first-order valence-corrected chi connectivity index (χ1v) is 6.55. The molecule has 2 N–H and O–H groups in total. The molecule has 0 radical (unpaired) electrons. The third kappa shape index (κ3) is 4.04. The number of hydrogen-bond donors (Lipinski definition) is 2. The molecule has 20 heavy (non-hydrogen) atoms. The molecule has 0 fully saturated rings. The predicted molar refractivity (Wildman–Crippen MR) is 70.9 cm³/mol. The van der Waals surface area contributed by atoms with Crippen molar-refractivity contribution < 1.29 is 19.2 Å². The first-order chi connectivity index (χ1) is 9.25. The van der Waals surface area contributed by atoms with E-state index < -0.39 is 11.4 Å². The number of rotatable bonds is 7. The Morgan fingerprint density at radius 2 is 2.10 bits per heavy atom. The van der Waals surface area contributed by atoms with Crippen molar-refractivity contribution in [2.75, 3.05) is 6.54 Å². The third-order valence-corrected chi connectivity index (χ3v) is 3.53. The van der Waals surface area contributed by atoms with Crippen molar-refractivity contribution in [3.63, 3.8) is 0 Å². The van der Waals surface area contributed by atoms with Gasteiger partial charge < -0.3 is 14.9 Å². The van der Waals surface area contributed by atoms with Gasteiger partial charge in [-0.25, -0.2) is 0 Å². The Bertz CT molecular complexity index is 484. The van der Waals surface area contributed by atoms with Crippen molar-refractivity contribution in [3.8, 4) is 0 Å². The average Bonchev–Trinajstić information content (AvgIpc) is 2.74. The molecule has 0 aliphatic carbocycles. The molecule has 1 rings (SSSR count). The molecule has 1 aromatic heterocycles. The maximum atomic E-state index is 11.8. The Kier molecular flexibility index (Phi) is 5.24. The molecule has 0 bridgehead atoms. The van der Waals surface area contributed by atoms with Crippen LogP contribution in [0.25, 0.3) is 0 Å². The number of carbonyl (C=O) groups excluding carboxylic acids is 1. The van der Waals surface area contributed by atoms with E-state index in [0.717, 1.165) is 0 Å². The van der Waals surface area contributed by atoms with Gasteiger partial charge in [-0.05, 0) is 12.8 Å². The summed E-state index contributed by atoms with van der Waals surface area (Å²) in [6.07, 6.45) is 0.403. The normalized spacial score (nSPS) is 14.1. The number of aryl methyl sites for hydroxylation is 1. The number of nitrogens with one attached hydrogen (secondary N) is 1. The lowest BCUT2D eigenvalue weighted by Gasteiger charge is -2.28. The number of aromatic nitrogens is 2. The van der Waals surface area contributed by atoms with Gasteiger partial charge in [-0.15, -0.1) is 0 Å². The van der Waals surface area contributed by atoms with Gasteiger partial charge in [0.2, 0.25) is 11.8 Å². The highest BCUT2D eigenvalue weighted by Crippen LogP contribution is 2.31. The molecule has 0 aliphatic heterocycles. The molecule has 0 aromatic carbocycles. The van der Waals surface area contributed by atoms with Crippen LogP contribution < -0.4 is 5.32 Å². The highest BCUT2D eigenvalue weighted by molar-refractivity contribution is 5.84. The van der Waals surface area contributed by atoms with E-state index in [2.05, 4.69) is 15.5 Å². The van der Waals surface area contributed by atoms with Crippen LogP contribution in [-0.2, 0) is 16.0 Å². The van der Waals surface area contributed by atoms with E-state index in [-0.39, 0.29) is 18.2 Å². The van der Waals surface area contributed by atoms with E-state index >= 15 is 0 Å². The molecular formula is C13H21N3O4. The highest BCUT2D eigenvalue weighted by atomic mass is 16.5. The number of hydrogen-bond acceptors (Lipinski definition) is 5. The lowest BCUT2D eigenvalue weighted by Crippen LogP contribution is -2.39. The summed E-state index contributed by atoms with van der Waals surface area (Å²) in [5.41, 5.74) is -1.06. The first-order valence-electron chi connectivity index (χ1n) is 6.55. The second-order valence-electron chi connectivity index (χ2n) is 5.38. The Labute approximate surface area is 117 Å². The van der Waals surface area contributed by atoms with Crippen LogP contribution in [0.4, 0.5) is 0 Å². The van der Waals surface area contributed by atoms with Gasteiger partial charge in [-0.2, -0.15) is 4.98 Å². The Balaban J connectivity index is 2.45. The smallest absolute Gasteiger partial charge is 0.310 e. The highest BCUT2D eigenvalue weighted by Gasteiger charge is 2.38. The van der Waals surface area contributed by atoms with Crippen LogP contribution in [0.15, 0.2) is 4.52 Å². The van der Waals surface area contributed by atoms with Crippen molar-refractivity contribution >= 4 is 11.9 Å². The number of amides is 1. The second kappa shape index (κ2) is 6.49. The van der Waals surface area contributed by atoms with Crippen LogP contribution in [0, 0.1) is 18.3 Å². The van der Waals surface area contributed by atoms with E-state index in [1.165, 1.54) is 0 Å². The largest absolute Gasteiger partial charge is 0.481 e. The standard InChI is InChI=1S/C13H21N3O4/c1-8(2)13(4,12(18)19)7-11(17)14-6-5-10-15-9(3)20-16-10/h8H,5-7H2,1-4H3,(H,14,17)(H,18,19). The minimum Gasteiger partial charge on any atom is -0.481 e. The lowest BCUT2D eigenvalue weighted by molar-refractivity contribution is -0.153. The monoisotopic (exact) mass is 283 g/mol. The van der Waals surface area contributed by atoms with Crippen LogP contribution in [-0.4, -0.2) is 33.7 Å². The van der Waals surface area contributed by atoms with Crippen molar-refractivity contribution in [1.82, 2.24) is 15.5 Å². The summed E-state index contributed by atoms with van der Waals surface area (Å²) in [5, 5.41) is 15.6. The fraction of sp³-hybridized carbons (Fsp3) is 0.692. The maximum absolute atomic E-state index is 11.8. The fourth-order valence-corrected chi connectivity index (χ4v) is 1.68. The maximum Gasteiger partial charge on any atom is 0.310 e. The predicted octanol–water partition coefficient (Wildman–Crippen LogP) is 1.17. The molecule has 1 atom stereocenters. The summed E-state index contributed by atoms with van der Waals surface area (Å²) in [6.45, 7) is 7.22. The van der Waals surface area contributed by atoms with Crippen LogP contribution in [0.2, 0.25) is 0 Å². The SMILES string of the molecule is Cc1nc(CCNC(=O)CC(C)(C(=O)O)C(C)C)no1. The minimum atomic E-state index is -1.06. The van der Waals surface area contributed by atoms with Gasteiger partial charge in [0.15, 0.2) is 5.82 Å². The number of carboxylic acids is 1. The van der Waals surface area contributed by atoms with E-state index in [4.69, 9.17) is 4.52 Å². The summed E-state index contributed by atoms with van der Waals surface area (Å²) >= 11 is 0. The van der Waals surface area contributed by atoms with E-state index in [9.17, 15) is 14.7 Å². The van der Waals surface area contributed by atoms with Crippen molar-refractivity contribution in [2.24, 2.45) is 11.3 Å².